The molecular formula is C16H26O. The summed E-state index contributed by atoms with van der Waals surface area (Å²) in [6.07, 6.45) is 13.5. The lowest BCUT2D eigenvalue weighted by Crippen LogP contribution is -2.27. The third-order valence-corrected chi connectivity index (χ3v) is 4.12. The Hall–Kier alpha value is -0.560. The van der Waals surface area contributed by atoms with E-state index in [-0.39, 0.29) is 0 Å². The zero-order valence-corrected chi connectivity index (χ0v) is 11.3. The average molecular weight is 234 g/mol. The molecular weight excluding hydrogens is 208 g/mol. The second kappa shape index (κ2) is 6.39. The first-order valence-electron chi connectivity index (χ1n) is 7.24. The second-order valence-electron chi connectivity index (χ2n) is 5.67. The Bertz CT molecular complexity index is 290. The van der Waals surface area contributed by atoms with E-state index in [1.807, 2.05) is 0 Å². The summed E-state index contributed by atoms with van der Waals surface area (Å²) in [6.45, 7) is 6.36. The van der Waals surface area contributed by atoms with Gasteiger partial charge in [-0.1, -0.05) is 38.5 Å². The maximum absolute atomic E-state index is 5.82. The van der Waals surface area contributed by atoms with Crippen LogP contribution in [-0.4, -0.2) is 13.2 Å². The number of hydrogen-bond donors (Lipinski definition) is 0. The molecule has 2 aliphatic rings. The molecule has 0 saturated heterocycles. The summed E-state index contributed by atoms with van der Waals surface area (Å²) >= 11 is 0. The third kappa shape index (κ3) is 3.45. The summed E-state index contributed by atoms with van der Waals surface area (Å²) in [5.74, 6) is 2.40. The summed E-state index contributed by atoms with van der Waals surface area (Å²) in [4.78, 5) is 0. The van der Waals surface area contributed by atoms with E-state index in [4.69, 9.17) is 4.74 Å². The zero-order valence-electron chi connectivity index (χ0n) is 11.3. The molecule has 0 aliphatic heterocycles. The molecule has 96 valence electrons. The van der Waals surface area contributed by atoms with E-state index in [0.29, 0.717) is 0 Å². The molecule has 0 radical (unpaired) electrons. The van der Waals surface area contributed by atoms with Crippen LogP contribution >= 0.6 is 0 Å². The van der Waals surface area contributed by atoms with Crippen molar-refractivity contribution in [2.24, 2.45) is 17.8 Å². The Morgan fingerprint density at radius 2 is 2.12 bits per heavy atom. The molecule has 2 rings (SSSR count). The smallest absolute Gasteiger partial charge is 0.0679 e. The largest absolute Gasteiger partial charge is 0.377 e. The Morgan fingerprint density at radius 3 is 2.94 bits per heavy atom. The molecule has 2 aliphatic carbocycles. The van der Waals surface area contributed by atoms with Crippen molar-refractivity contribution in [3.8, 4) is 0 Å². The van der Waals surface area contributed by atoms with Crippen LogP contribution in [0.1, 0.15) is 46.0 Å². The zero-order chi connectivity index (χ0) is 12.1. The summed E-state index contributed by atoms with van der Waals surface area (Å²) in [6, 6.07) is 0. The first-order valence-corrected chi connectivity index (χ1v) is 7.24. The van der Waals surface area contributed by atoms with Gasteiger partial charge in [-0.15, -0.1) is 0 Å². The Kier molecular flexibility index (Phi) is 4.85. The van der Waals surface area contributed by atoms with Gasteiger partial charge in [0, 0.05) is 6.61 Å². The lowest BCUT2D eigenvalue weighted by atomic mass is 9.70. The third-order valence-electron chi connectivity index (χ3n) is 4.12. The molecule has 0 aromatic heterocycles. The van der Waals surface area contributed by atoms with E-state index >= 15 is 0 Å². The number of fused-ring (bicyclic) bond motifs is 1. The van der Waals surface area contributed by atoms with Gasteiger partial charge >= 0.3 is 0 Å². The molecule has 0 aromatic carbocycles. The Morgan fingerprint density at radius 1 is 1.29 bits per heavy atom. The fourth-order valence-electron chi connectivity index (χ4n) is 3.21. The molecule has 3 unspecified atom stereocenters. The predicted molar refractivity (Wildman–Crippen MR) is 72.9 cm³/mol. The predicted octanol–water partition coefficient (Wildman–Crippen LogP) is 4.35. The molecule has 0 spiro atoms. The van der Waals surface area contributed by atoms with Gasteiger partial charge in [0.1, 0.15) is 0 Å². The monoisotopic (exact) mass is 234 g/mol. The van der Waals surface area contributed by atoms with Gasteiger partial charge in [-0.25, -0.2) is 0 Å². The fraction of sp³-hybridized carbons (Fsp3) is 0.750. The van der Waals surface area contributed by atoms with Crippen LogP contribution in [0.3, 0.4) is 0 Å². The van der Waals surface area contributed by atoms with Crippen LogP contribution in [0.5, 0.6) is 0 Å². The van der Waals surface area contributed by atoms with Gasteiger partial charge < -0.3 is 4.74 Å². The molecule has 0 aromatic rings. The standard InChI is InChI=1S/C16H26O/c1-3-4-9-17-12-15-11-13(2)10-14-7-5-6-8-16(14)15/h5-6,11,13-14,16H,3-4,7-10,12H2,1-2H3. The van der Waals surface area contributed by atoms with Crippen LogP contribution in [0.25, 0.3) is 0 Å². The van der Waals surface area contributed by atoms with E-state index in [1.165, 1.54) is 32.1 Å². The molecule has 0 bridgehead atoms. The topological polar surface area (TPSA) is 9.23 Å². The maximum Gasteiger partial charge on any atom is 0.0679 e. The van der Waals surface area contributed by atoms with E-state index < -0.39 is 0 Å². The number of hydrogen-bond acceptors (Lipinski definition) is 1. The van der Waals surface area contributed by atoms with Crippen LogP contribution in [0.4, 0.5) is 0 Å². The minimum absolute atomic E-state index is 0.743. The highest BCUT2D eigenvalue weighted by Crippen LogP contribution is 2.40. The van der Waals surface area contributed by atoms with E-state index in [2.05, 4.69) is 32.1 Å². The van der Waals surface area contributed by atoms with Crippen LogP contribution in [-0.2, 0) is 4.74 Å². The molecule has 0 N–H and O–H groups in total. The average Bonchev–Trinajstić information content (AvgIpc) is 2.34. The minimum atomic E-state index is 0.743. The van der Waals surface area contributed by atoms with Crippen molar-refractivity contribution in [3.05, 3.63) is 23.8 Å². The van der Waals surface area contributed by atoms with Crippen LogP contribution in [0.2, 0.25) is 0 Å². The van der Waals surface area contributed by atoms with Crippen LogP contribution < -0.4 is 0 Å². The summed E-state index contributed by atoms with van der Waals surface area (Å²) in [5.41, 5.74) is 1.58. The van der Waals surface area contributed by atoms with Gasteiger partial charge in [-0.2, -0.15) is 0 Å². The second-order valence-corrected chi connectivity index (χ2v) is 5.67. The van der Waals surface area contributed by atoms with Crippen LogP contribution in [0.15, 0.2) is 23.8 Å². The highest BCUT2D eigenvalue weighted by Gasteiger charge is 2.30. The molecule has 1 heteroatoms. The SMILES string of the molecule is CCCCOCC1=CC(C)CC2CC=CCC12. The van der Waals surface area contributed by atoms with Crippen molar-refractivity contribution in [1.29, 1.82) is 0 Å². The van der Waals surface area contributed by atoms with Crippen molar-refractivity contribution in [1.82, 2.24) is 0 Å². The number of unbranched alkanes of at least 4 members (excludes halogenated alkanes) is 1. The molecule has 3 atom stereocenters. The van der Waals surface area contributed by atoms with Gasteiger partial charge in [0.2, 0.25) is 0 Å². The molecule has 0 fully saturated rings. The normalized spacial score (nSPS) is 32.1. The van der Waals surface area contributed by atoms with Gasteiger partial charge in [0.25, 0.3) is 0 Å². The summed E-state index contributed by atoms with van der Waals surface area (Å²) in [7, 11) is 0. The molecule has 17 heavy (non-hydrogen) atoms. The maximum atomic E-state index is 5.82. The highest BCUT2D eigenvalue weighted by atomic mass is 16.5. The molecule has 0 amide bonds. The molecule has 1 nitrogen and oxygen atoms in total. The van der Waals surface area contributed by atoms with Gasteiger partial charge in [0.15, 0.2) is 0 Å². The number of allylic oxidation sites excluding steroid dienone is 3. The van der Waals surface area contributed by atoms with Crippen molar-refractivity contribution in [2.45, 2.75) is 46.0 Å². The lowest BCUT2D eigenvalue weighted by Gasteiger charge is -2.36. The molecule has 0 heterocycles. The first kappa shape index (κ1) is 12.9. The van der Waals surface area contributed by atoms with E-state index in [1.54, 1.807) is 5.57 Å². The highest BCUT2D eigenvalue weighted by molar-refractivity contribution is 5.18. The van der Waals surface area contributed by atoms with Gasteiger partial charge in [-0.3, -0.25) is 0 Å². The van der Waals surface area contributed by atoms with Gasteiger partial charge in [-0.05, 0) is 49.0 Å². The van der Waals surface area contributed by atoms with E-state index in [0.717, 1.165) is 31.0 Å². The number of rotatable bonds is 5. The fourth-order valence-corrected chi connectivity index (χ4v) is 3.21. The van der Waals surface area contributed by atoms with Crippen molar-refractivity contribution < 1.29 is 4.74 Å². The van der Waals surface area contributed by atoms with Crippen molar-refractivity contribution >= 4 is 0 Å². The van der Waals surface area contributed by atoms with Crippen molar-refractivity contribution in [3.63, 3.8) is 0 Å². The lowest BCUT2D eigenvalue weighted by molar-refractivity contribution is 0.135. The van der Waals surface area contributed by atoms with E-state index in [9.17, 15) is 0 Å². The first-order chi connectivity index (χ1) is 8.31. The Labute approximate surface area is 106 Å². The van der Waals surface area contributed by atoms with Crippen molar-refractivity contribution in [2.75, 3.05) is 13.2 Å². The minimum Gasteiger partial charge on any atom is -0.377 e. The summed E-state index contributed by atoms with van der Waals surface area (Å²) in [5, 5.41) is 0. The number of ether oxygens (including phenoxy) is 1. The van der Waals surface area contributed by atoms with Gasteiger partial charge in [0.05, 0.1) is 6.61 Å². The quantitative estimate of drug-likeness (QED) is 0.507. The van der Waals surface area contributed by atoms with Crippen LogP contribution in [0, 0.1) is 17.8 Å². The molecule has 0 saturated carbocycles. The Balaban J connectivity index is 1.91. The summed E-state index contributed by atoms with van der Waals surface area (Å²) < 4.78 is 5.82.